The second-order valence-electron chi connectivity index (χ2n) is 11.9. The molecule has 0 saturated carbocycles. The molecule has 0 N–H and O–H groups in total. The Hall–Kier alpha value is -6.44. The van der Waals surface area contributed by atoms with Crippen LogP contribution in [0.25, 0.3) is 98.8 Å². The lowest BCUT2D eigenvalue weighted by molar-refractivity contribution is 0.670. The van der Waals surface area contributed by atoms with Gasteiger partial charge in [0.25, 0.3) is 0 Å². The molecule has 10 aromatic rings. The molecule has 0 radical (unpaired) electrons. The lowest BCUT2D eigenvalue weighted by atomic mass is 9.85. The van der Waals surface area contributed by atoms with E-state index < -0.39 is 84.1 Å². The molecule has 0 aliphatic carbocycles. The molecule has 49 heavy (non-hydrogen) atoms. The number of benzene rings is 9. The van der Waals surface area contributed by atoms with Gasteiger partial charge in [-0.05, 0) is 89.5 Å². The second-order valence-corrected chi connectivity index (χ2v) is 11.9. The molecule has 10 rings (SSSR count). The normalized spacial score (nSPS) is 15.4. The van der Waals surface area contributed by atoms with Crippen LogP contribution in [0.1, 0.15) is 17.8 Å². The molecule has 0 saturated heterocycles. The molecule has 0 amide bonds. The monoisotopic (exact) mass is 635 g/mol. The molecule has 1 heteroatoms. The van der Waals surface area contributed by atoms with Gasteiger partial charge in [-0.3, -0.25) is 0 Å². The fourth-order valence-corrected chi connectivity index (χ4v) is 7.05. The molecular formula is C48H30O. The van der Waals surface area contributed by atoms with Crippen LogP contribution in [-0.4, -0.2) is 0 Å². The number of rotatable bonds is 4. The summed E-state index contributed by atoms with van der Waals surface area (Å²) in [4.78, 5) is 0. The molecule has 0 spiro atoms. The predicted octanol–water partition coefficient (Wildman–Crippen LogP) is 13.7. The average Bonchev–Trinajstić information content (AvgIpc) is 3.67. The summed E-state index contributed by atoms with van der Waals surface area (Å²) in [5.41, 5.74) is 4.26. The summed E-state index contributed by atoms with van der Waals surface area (Å²) in [6, 6.07) is 24.9. The zero-order valence-corrected chi connectivity index (χ0v) is 25.7. The molecule has 9 aromatic carbocycles. The first-order chi connectivity index (χ1) is 29.7. The molecule has 0 fully saturated rings. The number of fused-ring (bicyclic) bond motifs is 6. The molecule has 0 aliphatic rings. The zero-order chi connectivity index (χ0) is 43.6. The van der Waals surface area contributed by atoms with Crippen molar-refractivity contribution in [2.75, 3.05) is 0 Å². The Morgan fingerprint density at radius 3 is 1.71 bits per heavy atom. The summed E-state index contributed by atoms with van der Waals surface area (Å²) in [7, 11) is 0. The first-order valence-corrected chi connectivity index (χ1v) is 15.8. The van der Waals surface area contributed by atoms with E-state index in [0.29, 0.717) is 27.9 Å². The number of furan rings is 1. The van der Waals surface area contributed by atoms with Gasteiger partial charge in [-0.2, -0.15) is 0 Å². The minimum atomic E-state index is -0.717. The predicted molar refractivity (Wildman–Crippen MR) is 208 cm³/mol. The van der Waals surface area contributed by atoms with Gasteiger partial charge in [-0.15, -0.1) is 0 Å². The minimum absolute atomic E-state index is 0.0588. The van der Waals surface area contributed by atoms with Gasteiger partial charge in [0.05, 0.1) is 17.8 Å². The quantitative estimate of drug-likeness (QED) is 0.175. The van der Waals surface area contributed by atoms with E-state index in [1.165, 1.54) is 0 Å². The van der Waals surface area contributed by atoms with Gasteiger partial charge in [0.1, 0.15) is 11.2 Å². The Bertz CT molecular complexity index is 3510. The molecule has 0 atom stereocenters. The molecule has 0 unspecified atom stereocenters. The number of hydrogen-bond donors (Lipinski definition) is 0. The van der Waals surface area contributed by atoms with Gasteiger partial charge in [0.15, 0.2) is 0 Å². The summed E-state index contributed by atoms with van der Waals surface area (Å²) in [5.74, 6) is 0. The molecule has 1 aromatic heterocycles. The topological polar surface area (TPSA) is 13.1 Å². The van der Waals surface area contributed by atoms with Gasteiger partial charge in [-0.25, -0.2) is 0 Å². The lowest BCUT2D eigenvalue weighted by Crippen LogP contribution is -1.91. The van der Waals surface area contributed by atoms with Gasteiger partial charge < -0.3 is 4.42 Å². The van der Waals surface area contributed by atoms with Crippen LogP contribution in [0.5, 0.6) is 0 Å². The minimum Gasteiger partial charge on any atom is -0.455 e. The van der Waals surface area contributed by atoms with Gasteiger partial charge >= 0.3 is 0 Å². The van der Waals surface area contributed by atoms with Crippen molar-refractivity contribution in [3.8, 4) is 44.5 Å². The van der Waals surface area contributed by atoms with Crippen LogP contribution in [0.3, 0.4) is 0 Å². The molecule has 1 nitrogen and oxygen atoms in total. The smallest absolute Gasteiger partial charge is 0.143 e. The first kappa shape index (κ1) is 17.6. The van der Waals surface area contributed by atoms with E-state index in [-0.39, 0.29) is 32.7 Å². The van der Waals surface area contributed by atoms with E-state index in [1.54, 1.807) is 18.2 Å². The third-order valence-electron chi connectivity index (χ3n) is 9.19. The summed E-state index contributed by atoms with van der Waals surface area (Å²) >= 11 is 0. The standard InChI is InChI=1S/C48H30O/c1-2-14-32(15-3-1)46-40-20-6-8-22-42(40)47(43-23-9-7-21-41(43)46)35-18-10-17-33(29-35)38-25-12-26-44-39-28-27-34(30-45(39)49-48(38)44)37-24-11-16-31-13-4-5-19-36(31)37/h1-30H/i1D,2D,3D,6D,7D,8D,9D,14D,15D,20D,21D,22D,23D. The fraction of sp³-hybridized carbons (Fsp3) is 0. The van der Waals surface area contributed by atoms with E-state index in [1.807, 2.05) is 54.6 Å². The SMILES string of the molecule is [2H]c1c([2H])c([2H])c(-c2c3c([2H])c([2H])c([2H])c([2H])c3c(-c3cccc(-c4cccc5c4oc4cc(-c6cccc7ccccc67)ccc45)c3)c3c([2H])c([2H])c([2H])c([2H])c23)c([2H])c1[2H]. The highest BCUT2D eigenvalue weighted by Gasteiger charge is 2.18. The highest BCUT2D eigenvalue weighted by molar-refractivity contribution is 6.21. The lowest BCUT2D eigenvalue weighted by Gasteiger charge is -2.18. The Labute approximate surface area is 302 Å². The Kier molecular flexibility index (Phi) is 3.99. The van der Waals surface area contributed by atoms with E-state index in [0.717, 1.165) is 32.7 Å². The zero-order valence-electron chi connectivity index (χ0n) is 38.7. The highest BCUT2D eigenvalue weighted by Crippen LogP contribution is 2.45. The Balaban J connectivity index is 1.28. The Morgan fingerprint density at radius 1 is 0.367 bits per heavy atom. The van der Waals surface area contributed by atoms with E-state index in [9.17, 15) is 5.48 Å². The maximum absolute atomic E-state index is 9.31. The summed E-state index contributed by atoms with van der Waals surface area (Å²) in [6.07, 6.45) is 0. The first-order valence-electron chi connectivity index (χ1n) is 22.3. The molecule has 0 bridgehead atoms. The van der Waals surface area contributed by atoms with Crippen LogP contribution < -0.4 is 0 Å². The fourth-order valence-electron chi connectivity index (χ4n) is 7.05. The third kappa shape index (κ3) is 4.40. The van der Waals surface area contributed by atoms with Crippen molar-refractivity contribution in [2.45, 2.75) is 0 Å². The average molecular weight is 636 g/mol. The van der Waals surface area contributed by atoms with Crippen molar-refractivity contribution in [2.24, 2.45) is 0 Å². The van der Waals surface area contributed by atoms with Gasteiger partial charge in [0, 0.05) is 16.3 Å². The van der Waals surface area contributed by atoms with Crippen LogP contribution in [0.15, 0.2) is 186 Å². The van der Waals surface area contributed by atoms with Crippen molar-refractivity contribution < 1.29 is 22.2 Å². The second kappa shape index (κ2) is 11.1. The van der Waals surface area contributed by atoms with Gasteiger partial charge in [-0.1, -0.05) is 163 Å². The Morgan fingerprint density at radius 2 is 0.939 bits per heavy atom. The number of hydrogen-bond acceptors (Lipinski definition) is 1. The highest BCUT2D eigenvalue weighted by atomic mass is 16.3. The van der Waals surface area contributed by atoms with Crippen LogP contribution in [0, 0.1) is 0 Å². The maximum atomic E-state index is 9.31. The number of para-hydroxylation sites is 1. The van der Waals surface area contributed by atoms with Crippen molar-refractivity contribution in [1.82, 2.24) is 0 Å². The van der Waals surface area contributed by atoms with E-state index in [4.69, 9.17) is 16.8 Å². The molecular weight excluding hydrogens is 593 g/mol. The maximum Gasteiger partial charge on any atom is 0.143 e. The summed E-state index contributed by atoms with van der Waals surface area (Å²) in [6.45, 7) is 0. The van der Waals surface area contributed by atoms with Crippen molar-refractivity contribution in [3.63, 3.8) is 0 Å². The van der Waals surface area contributed by atoms with Gasteiger partial charge in [0.2, 0.25) is 0 Å². The van der Waals surface area contributed by atoms with Crippen LogP contribution in [0.4, 0.5) is 0 Å². The molecule has 1 heterocycles. The van der Waals surface area contributed by atoms with Crippen molar-refractivity contribution in [1.29, 1.82) is 0 Å². The molecule has 228 valence electrons. The van der Waals surface area contributed by atoms with Crippen LogP contribution in [0.2, 0.25) is 0 Å². The molecule has 0 aliphatic heterocycles. The van der Waals surface area contributed by atoms with Crippen LogP contribution >= 0.6 is 0 Å². The summed E-state index contributed by atoms with van der Waals surface area (Å²) < 4.78 is 122. The largest absolute Gasteiger partial charge is 0.455 e. The van der Waals surface area contributed by atoms with Crippen molar-refractivity contribution in [3.05, 3.63) is 182 Å². The van der Waals surface area contributed by atoms with Crippen molar-refractivity contribution >= 4 is 54.3 Å². The summed E-state index contributed by atoms with van der Waals surface area (Å²) in [5, 5.41) is 3.18. The van der Waals surface area contributed by atoms with Crippen LogP contribution in [-0.2, 0) is 0 Å². The van der Waals surface area contributed by atoms with E-state index in [2.05, 4.69) is 30.3 Å². The third-order valence-corrected chi connectivity index (χ3v) is 9.19. The van der Waals surface area contributed by atoms with E-state index >= 15 is 0 Å².